The van der Waals surface area contributed by atoms with Gasteiger partial charge in [0, 0.05) is 12.7 Å². The summed E-state index contributed by atoms with van der Waals surface area (Å²) < 4.78 is 4.96. The lowest BCUT2D eigenvalue weighted by Crippen LogP contribution is -2.15. The van der Waals surface area contributed by atoms with Crippen molar-refractivity contribution in [2.75, 3.05) is 20.3 Å². The first kappa shape index (κ1) is 12.0. The fourth-order valence-corrected chi connectivity index (χ4v) is 1.37. The summed E-state index contributed by atoms with van der Waals surface area (Å²) in [6.45, 7) is 0.444. The van der Waals surface area contributed by atoms with E-state index in [2.05, 4.69) is 0 Å². The van der Waals surface area contributed by atoms with Crippen molar-refractivity contribution in [2.45, 2.75) is 12.5 Å². The number of aromatic hydroxyl groups is 1. The first-order valence-electron chi connectivity index (χ1n) is 4.86. The number of nitrogens with two attached hydrogens (primary N) is 1. The number of benzene rings is 1. The predicted molar refractivity (Wildman–Crippen MR) is 57.7 cm³/mol. The third-order valence-corrected chi connectivity index (χ3v) is 2.28. The van der Waals surface area contributed by atoms with Crippen LogP contribution in [-0.2, 0) is 11.2 Å². The van der Waals surface area contributed by atoms with Crippen LogP contribution < -0.4 is 5.73 Å². The number of aliphatic hydroxyl groups excluding tert-OH is 1. The van der Waals surface area contributed by atoms with Crippen LogP contribution in [0.4, 0.5) is 0 Å². The highest BCUT2D eigenvalue weighted by Crippen LogP contribution is 2.23. The zero-order valence-electron chi connectivity index (χ0n) is 8.81. The number of hydrogen-bond donors (Lipinski definition) is 3. The number of hydrogen-bond acceptors (Lipinski definition) is 4. The molecular weight excluding hydrogens is 194 g/mol. The number of phenols is 1. The maximum Gasteiger partial charge on any atom is 0.120 e. The van der Waals surface area contributed by atoms with Crippen molar-refractivity contribution in [3.05, 3.63) is 29.3 Å². The smallest absolute Gasteiger partial charge is 0.120 e. The van der Waals surface area contributed by atoms with Crippen LogP contribution in [0.25, 0.3) is 0 Å². The van der Waals surface area contributed by atoms with Gasteiger partial charge in [0.2, 0.25) is 0 Å². The lowest BCUT2D eigenvalue weighted by atomic mass is 10.0. The number of aliphatic hydroxyl groups is 1. The lowest BCUT2D eigenvalue weighted by Gasteiger charge is -2.12. The van der Waals surface area contributed by atoms with Crippen molar-refractivity contribution in [1.29, 1.82) is 0 Å². The van der Waals surface area contributed by atoms with Gasteiger partial charge in [0.1, 0.15) is 5.75 Å². The molecule has 0 radical (unpaired) electrons. The second-order valence-corrected chi connectivity index (χ2v) is 3.43. The molecule has 0 aliphatic carbocycles. The monoisotopic (exact) mass is 211 g/mol. The summed E-state index contributed by atoms with van der Waals surface area (Å²) in [4.78, 5) is 0. The molecule has 0 amide bonds. The molecule has 1 rings (SSSR count). The number of ether oxygens (including phenoxy) is 1. The van der Waals surface area contributed by atoms with E-state index in [0.29, 0.717) is 12.2 Å². The van der Waals surface area contributed by atoms with Gasteiger partial charge < -0.3 is 20.7 Å². The fraction of sp³-hybridized carbons (Fsp3) is 0.455. The zero-order valence-corrected chi connectivity index (χ0v) is 8.81. The van der Waals surface area contributed by atoms with Crippen LogP contribution in [0.15, 0.2) is 18.2 Å². The van der Waals surface area contributed by atoms with Crippen molar-refractivity contribution in [1.82, 2.24) is 0 Å². The molecule has 4 nitrogen and oxygen atoms in total. The van der Waals surface area contributed by atoms with Gasteiger partial charge in [0.15, 0.2) is 0 Å². The Balaban J connectivity index is 2.84. The van der Waals surface area contributed by atoms with Crippen LogP contribution in [-0.4, -0.2) is 30.5 Å². The Hall–Kier alpha value is -1.10. The molecule has 0 saturated heterocycles. The van der Waals surface area contributed by atoms with E-state index in [1.165, 1.54) is 0 Å². The van der Waals surface area contributed by atoms with Crippen LogP contribution in [0, 0.1) is 0 Å². The Morgan fingerprint density at radius 1 is 1.47 bits per heavy atom. The average molecular weight is 211 g/mol. The van der Waals surface area contributed by atoms with Crippen LogP contribution >= 0.6 is 0 Å². The summed E-state index contributed by atoms with van der Waals surface area (Å²) in [6, 6.07) is 4.68. The second kappa shape index (κ2) is 5.70. The Morgan fingerprint density at radius 3 is 2.80 bits per heavy atom. The molecule has 1 aromatic carbocycles. The fourth-order valence-electron chi connectivity index (χ4n) is 1.37. The quantitative estimate of drug-likeness (QED) is 0.665. The summed E-state index contributed by atoms with van der Waals surface area (Å²) in [5.74, 6) is 0.123. The molecule has 4 N–H and O–H groups in total. The van der Waals surface area contributed by atoms with Crippen LogP contribution in [0.5, 0.6) is 5.75 Å². The lowest BCUT2D eigenvalue weighted by molar-refractivity contribution is 0.202. The van der Waals surface area contributed by atoms with Gasteiger partial charge in [-0.15, -0.1) is 0 Å². The predicted octanol–water partition coefficient (Wildman–Crippen LogP) is 0.573. The average Bonchev–Trinajstić information content (AvgIpc) is 2.27. The molecule has 0 unspecified atom stereocenters. The Morgan fingerprint density at radius 2 is 2.20 bits per heavy atom. The Labute approximate surface area is 89.3 Å². The van der Waals surface area contributed by atoms with Gasteiger partial charge in [0.25, 0.3) is 0 Å². The van der Waals surface area contributed by atoms with E-state index in [9.17, 15) is 5.11 Å². The summed E-state index contributed by atoms with van der Waals surface area (Å²) in [5.41, 5.74) is 7.26. The molecular formula is C11H17NO3. The summed E-state index contributed by atoms with van der Waals surface area (Å²) >= 11 is 0. The maximum absolute atomic E-state index is 9.54. The van der Waals surface area contributed by atoms with Crippen molar-refractivity contribution in [2.24, 2.45) is 5.73 Å². The molecule has 15 heavy (non-hydrogen) atoms. The zero-order chi connectivity index (χ0) is 11.3. The van der Waals surface area contributed by atoms with E-state index in [1.54, 1.807) is 19.2 Å². The standard InChI is InChI=1S/C11H17NO3/c1-15-5-4-8-2-3-11(14)9(6-8)10(12)7-13/h2-3,6,10,13-14H,4-5,7,12H2,1H3/t10-/m1/s1. The third kappa shape index (κ3) is 3.20. The molecule has 0 aliphatic rings. The van der Waals surface area contributed by atoms with Gasteiger partial charge in [-0.25, -0.2) is 0 Å². The Bertz CT molecular complexity index is 315. The maximum atomic E-state index is 9.54. The molecule has 0 aromatic heterocycles. The molecule has 0 saturated carbocycles. The second-order valence-electron chi connectivity index (χ2n) is 3.43. The minimum Gasteiger partial charge on any atom is -0.508 e. The van der Waals surface area contributed by atoms with Crippen LogP contribution in [0.2, 0.25) is 0 Å². The molecule has 84 valence electrons. The third-order valence-electron chi connectivity index (χ3n) is 2.28. The molecule has 0 aliphatic heterocycles. The van der Waals surface area contributed by atoms with Crippen molar-refractivity contribution < 1.29 is 14.9 Å². The first-order valence-corrected chi connectivity index (χ1v) is 4.86. The van der Waals surface area contributed by atoms with Gasteiger partial charge >= 0.3 is 0 Å². The summed E-state index contributed by atoms with van der Waals surface area (Å²) in [6.07, 6.45) is 0.766. The van der Waals surface area contributed by atoms with Gasteiger partial charge in [-0.1, -0.05) is 12.1 Å². The highest BCUT2D eigenvalue weighted by Gasteiger charge is 2.10. The van der Waals surface area contributed by atoms with E-state index in [0.717, 1.165) is 12.0 Å². The molecule has 0 bridgehead atoms. The topological polar surface area (TPSA) is 75.7 Å². The summed E-state index contributed by atoms with van der Waals surface area (Å²) in [5, 5.41) is 18.5. The minimum absolute atomic E-state index is 0.123. The normalized spacial score (nSPS) is 12.7. The van der Waals surface area contributed by atoms with Crippen LogP contribution in [0.1, 0.15) is 17.2 Å². The summed E-state index contributed by atoms with van der Waals surface area (Å²) in [7, 11) is 1.64. The SMILES string of the molecule is COCCc1ccc(O)c([C@H](N)CO)c1. The first-order chi connectivity index (χ1) is 7.19. The molecule has 4 heteroatoms. The Kier molecular flexibility index (Phi) is 4.55. The molecule has 0 fully saturated rings. The molecule has 1 atom stereocenters. The van der Waals surface area contributed by atoms with E-state index >= 15 is 0 Å². The molecule has 1 aromatic rings. The van der Waals surface area contributed by atoms with E-state index in [-0.39, 0.29) is 12.4 Å². The molecule has 0 heterocycles. The highest BCUT2D eigenvalue weighted by molar-refractivity contribution is 5.38. The highest BCUT2D eigenvalue weighted by atomic mass is 16.5. The van der Waals surface area contributed by atoms with Crippen LogP contribution in [0.3, 0.4) is 0 Å². The van der Waals surface area contributed by atoms with E-state index in [4.69, 9.17) is 15.6 Å². The molecule has 0 spiro atoms. The number of methoxy groups -OCH3 is 1. The van der Waals surface area contributed by atoms with Crippen molar-refractivity contribution in [3.63, 3.8) is 0 Å². The largest absolute Gasteiger partial charge is 0.508 e. The van der Waals surface area contributed by atoms with Crippen molar-refractivity contribution >= 4 is 0 Å². The minimum atomic E-state index is -0.535. The van der Waals surface area contributed by atoms with Crippen molar-refractivity contribution in [3.8, 4) is 5.75 Å². The van der Waals surface area contributed by atoms with Gasteiger partial charge in [-0.3, -0.25) is 0 Å². The van der Waals surface area contributed by atoms with Gasteiger partial charge in [-0.05, 0) is 18.1 Å². The number of rotatable bonds is 5. The number of phenolic OH excluding ortho intramolecular Hbond substituents is 1. The van der Waals surface area contributed by atoms with E-state index in [1.807, 2.05) is 6.07 Å². The van der Waals surface area contributed by atoms with Gasteiger partial charge in [-0.2, -0.15) is 0 Å². The van der Waals surface area contributed by atoms with Gasteiger partial charge in [0.05, 0.1) is 19.3 Å². The van der Waals surface area contributed by atoms with E-state index < -0.39 is 6.04 Å².